The summed E-state index contributed by atoms with van der Waals surface area (Å²) in [6.07, 6.45) is 0. The van der Waals surface area contributed by atoms with Crippen LogP contribution in [0.3, 0.4) is 0 Å². The van der Waals surface area contributed by atoms with Crippen LogP contribution in [0.25, 0.3) is 0 Å². The van der Waals surface area contributed by atoms with Gasteiger partial charge in [0.2, 0.25) is 0 Å². The molecule has 1 atom stereocenters. The number of amides is 1. The number of benzene rings is 2. The van der Waals surface area contributed by atoms with E-state index in [9.17, 15) is 4.79 Å². The van der Waals surface area contributed by atoms with Crippen molar-refractivity contribution in [2.45, 2.75) is 13.0 Å². The van der Waals surface area contributed by atoms with Gasteiger partial charge < -0.3 is 19.9 Å². The molecule has 1 aliphatic rings. The summed E-state index contributed by atoms with van der Waals surface area (Å²) < 4.78 is 5.53. The Morgan fingerprint density at radius 2 is 1.85 bits per heavy atom. The van der Waals surface area contributed by atoms with Gasteiger partial charge in [-0.1, -0.05) is 29.8 Å². The zero-order valence-electron chi connectivity index (χ0n) is 16.5. The zero-order valence-corrected chi connectivity index (χ0v) is 16.5. The molecule has 0 bridgehead atoms. The number of ether oxygens (including phenoxy) is 1. The highest BCUT2D eigenvalue weighted by atomic mass is 16.5. The molecule has 0 aromatic heterocycles. The number of hydrogen-bond acceptors (Lipinski definition) is 3. The van der Waals surface area contributed by atoms with Crippen LogP contribution >= 0.6 is 0 Å². The average molecular weight is 369 g/mol. The predicted octanol–water partition coefficient (Wildman–Crippen LogP) is 1.45. The first-order valence-corrected chi connectivity index (χ1v) is 9.59. The largest absolute Gasteiger partial charge is 0.378 e. The minimum absolute atomic E-state index is 0.0127. The number of carbonyl (C=O) groups excluding carboxylic acids is 1. The van der Waals surface area contributed by atoms with Crippen LogP contribution in [0.15, 0.2) is 48.5 Å². The smallest absolute Gasteiger partial charge is 0.251 e. The number of aryl methyl sites for hydroxylation is 1. The summed E-state index contributed by atoms with van der Waals surface area (Å²) in [6.45, 7) is 6.08. The van der Waals surface area contributed by atoms with E-state index in [1.165, 1.54) is 16.2 Å². The van der Waals surface area contributed by atoms with Crippen molar-refractivity contribution in [3.05, 3.63) is 65.2 Å². The van der Waals surface area contributed by atoms with Crippen molar-refractivity contribution in [1.29, 1.82) is 0 Å². The third-order valence-corrected chi connectivity index (χ3v) is 5.19. The van der Waals surface area contributed by atoms with Gasteiger partial charge in [-0.05, 0) is 31.2 Å². The molecule has 1 heterocycles. The number of hydrogen-bond donors (Lipinski definition) is 2. The molecule has 2 aromatic carbocycles. The third kappa shape index (κ3) is 5.08. The standard InChI is InChI=1S/C22H29N3O2/c1-17-5-4-6-19(15-17)22(26)23-16-21(25-11-13-27-14-12-25)18-7-9-20(10-8-18)24(2)3/h4-10,15,21H,11-14,16H2,1-3H3,(H,23,26)/p+1/t21-/m1/s1. The molecule has 3 rings (SSSR count). The highest BCUT2D eigenvalue weighted by Gasteiger charge is 2.27. The summed E-state index contributed by atoms with van der Waals surface area (Å²) in [6, 6.07) is 16.6. The molecule has 1 fully saturated rings. The van der Waals surface area contributed by atoms with Gasteiger partial charge in [-0.2, -0.15) is 0 Å². The highest BCUT2D eigenvalue weighted by molar-refractivity contribution is 5.94. The second kappa shape index (κ2) is 9.02. The fourth-order valence-electron chi connectivity index (χ4n) is 3.57. The molecule has 0 radical (unpaired) electrons. The monoisotopic (exact) mass is 368 g/mol. The van der Waals surface area contributed by atoms with E-state index in [2.05, 4.69) is 34.5 Å². The van der Waals surface area contributed by atoms with Crippen LogP contribution < -0.4 is 15.1 Å². The minimum Gasteiger partial charge on any atom is -0.378 e. The van der Waals surface area contributed by atoms with Crippen LogP contribution in [0.4, 0.5) is 5.69 Å². The topological polar surface area (TPSA) is 46.0 Å². The lowest BCUT2D eigenvalue weighted by Gasteiger charge is -2.32. The molecule has 0 aliphatic carbocycles. The van der Waals surface area contributed by atoms with Crippen LogP contribution in [-0.2, 0) is 4.74 Å². The predicted molar refractivity (Wildman–Crippen MR) is 109 cm³/mol. The van der Waals surface area contributed by atoms with Gasteiger partial charge in [0.25, 0.3) is 5.91 Å². The highest BCUT2D eigenvalue weighted by Crippen LogP contribution is 2.16. The molecule has 5 nitrogen and oxygen atoms in total. The van der Waals surface area contributed by atoms with E-state index in [1.807, 2.05) is 45.3 Å². The molecule has 144 valence electrons. The lowest BCUT2D eigenvalue weighted by atomic mass is 10.0. The average Bonchev–Trinajstić information content (AvgIpc) is 2.69. The second-order valence-electron chi connectivity index (χ2n) is 7.39. The fourth-order valence-corrected chi connectivity index (χ4v) is 3.57. The Morgan fingerprint density at radius 3 is 2.48 bits per heavy atom. The molecule has 1 aliphatic heterocycles. The number of carbonyl (C=O) groups is 1. The van der Waals surface area contributed by atoms with Gasteiger partial charge in [0.05, 0.1) is 19.8 Å². The third-order valence-electron chi connectivity index (χ3n) is 5.19. The van der Waals surface area contributed by atoms with Gasteiger partial charge in [0, 0.05) is 30.9 Å². The van der Waals surface area contributed by atoms with Gasteiger partial charge >= 0.3 is 0 Å². The Hall–Kier alpha value is -2.37. The number of nitrogens with one attached hydrogen (secondary N) is 2. The number of rotatable bonds is 6. The molecule has 0 saturated carbocycles. The van der Waals surface area contributed by atoms with Crippen molar-refractivity contribution in [2.24, 2.45) is 0 Å². The number of anilines is 1. The van der Waals surface area contributed by atoms with Crippen LogP contribution in [0.2, 0.25) is 0 Å². The molecular weight excluding hydrogens is 338 g/mol. The van der Waals surface area contributed by atoms with E-state index in [4.69, 9.17) is 4.74 Å². The van der Waals surface area contributed by atoms with Gasteiger partial charge in [0.1, 0.15) is 19.1 Å². The van der Waals surface area contributed by atoms with Crippen LogP contribution in [-0.4, -0.2) is 52.9 Å². The normalized spacial score (nSPS) is 16.0. The quantitative estimate of drug-likeness (QED) is 0.811. The maximum Gasteiger partial charge on any atom is 0.251 e. The molecular formula is C22H30N3O2+. The van der Waals surface area contributed by atoms with Crippen LogP contribution in [0.1, 0.15) is 27.5 Å². The second-order valence-corrected chi connectivity index (χ2v) is 7.39. The summed E-state index contributed by atoms with van der Waals surface area (Å²) in [5, 5.41) is 3.15. The van der Waals surface area contributed by atoms with E-state index >= 15 is 0 Å². The summed E-state index contributed by atoms with van der Waals surface area (Å²) >= 11 is 0. The van der Waals surface area contributed by atoms with Crippen molar-refractivity contribution < 1.29 is 14.4 Å². The molecule has 1 amide bonds. The van der Waals surface area contributed by atoms with E-state index in [0.29, 0.717) is 12.1 Å². The molecule has 2 aromatic rings. The Morgan fingerprint density at radius 1 is 1.15 bits per heavy atom. The summed E-state index contributed by atoms with van der Waals surface area (Å²) in [5.74, 6) is -0.0127. The van der Waals surface area contributed by atoms with Crippen molar-refractivity contribution >= 4 is 11.6 Å². The Labute approximate surface area is 161 Å². The SMILES string of the molecule is Cc1cccc(C(=O)NC[C@H](c2ccc(N(C)C)cc2)[NH+]2CCOCC2)c1. The van der Waals surface area contributed by atoms with E-state index < -0.39 is 0 Å². The zero-order chi connectivity index (χ0) is 19.2. The Kier molecular flexibility index (Phi) is 6.48. The first kappa shape index (κ1) is 19.4. The van der Waals surface area contributed by atoms with E-state index in [-0.39, 0.29) is 11.9 Å². The minimum atomic E-state index is -0.0127. The van der Waals surface area contributed by atoms with Crippen molar-refractivity contribution in [1.82, 2.24) is 5.32 Å². The van der Waals surface area contributed by atoms with Crippen molar-refractivity contribution in [3.63, 3.8) is 0 Å². The Balaban J connectivity index is 1.74. The number of quaternary nitrogens is 1. The van der Waals surface area contributed by atoms with Gasteiger partial charge in [0.15, 0.2) is 0 Å². The molecule has 0 unspecified atom stereocenters. The van der Waals surface area contributed by atoms with Crippen molar-refractivity contribution in [3.8, 4) is 0 Å². The maximum absolute atomic E-state index is 12.6. The summed E-state index contributed by atoms with van der Waals surface area (Å²) in [4.78, 5) is 16.2. The lowest BCUT2D eigenvalue weighted by molar-refractivity contribution is -0.937. The lowest BCUT2D eigenvalue weighted by Crippen LogP contribution is -3.15. The molecule has 5 heteroatoms. The molecule has 0 spiro atoms. The first-order valence-electron chi connectivity index (χ1n) is 9.59. The van der Waals surface area contributed by atoms with Gasteiger partial charge in [-0.15, -0.1) is 0 Å². The van der Waals surface area contributed by atoms with Gasteiger partial charge in [-0.25, -0.2) is 0 Å². The van der Waals surface area contributed by atoms with E-state index in [1.54, 1.807) is 0 Å². The van der Waals surface area contributed by atoms with Gasteiger partial charge in [-0.3, -0.25) is 4.79 Å². The molecule has 2 N–H and O–H groups in total. The fraction of sp³-hybridized carbons (Fsp3) is 0.409. The molecule has 1 saturated heterocycles. The maximum atomic E-state index is 12.6. The summed E-state index contributed by atoms with van der Waals surface area (Å²) in [7, 11) is 4.09. The van der Waals surface area contributed by atoms with E-state index in [0.717, 1.165) is 31.9 Å². The van der Waals surface area contributed by atoms with Crippen LogP contribution in [0.5, 0.6) is 0 Å². The Bertz CT molecular complexity index is 752. The molecule has 27 heavy (non-hydrogen) atoms. The van der Waals surface area contributed by atoms with Crippen LogP contribution in [0, 0.1) is 6.92 Å². The number of nitrogens with zero attached hydrogens (tertiary/aromatic N) is 1. The summed E-state index contributed by atoms with van der Waals surface area (Å²) in [5.41, 5.74) is 4.24. The first-order chi connectivity index (χ1) is 13.0. The number of morpholine rings is 1. The van der Waals surface area contributed by atoms with Crippen molar-refractivity contribution in [2.75, 3.05) is 51.8 Å².